The van der Waals surface area contributed by atoms with Crippen LogP contribution < -0.4 is 0 Å². The highest BCUT2D eigenvalue weighted by Gasteiger charge is 2.48. The number of pyridine rings is 1. The second-order valence-corrected chi connectivity index (χ2v) is 6.36. The number of hydrogen-bond donors (Lipinski definition) is 1. The number of aliphatic carboxylic acids is 1. The molecule has 1 N–H and O–H groups in total. The maximum Gasteiger partial charge on any atom is 0.490 e. The van der Waals surface area contributed by atoms with Crippen LogP contribution in [0.2, 0.25) is 0 Å². The number of fused-ring (bicyclic) bond motifs is 1. The van der Waals surface area contributed by atoms with E-state index in [0.29, 0.717) is 26.1 Å². The molecule has 2 atom stereocenters. The minimum absolute atomic E-state index is 0.0106. The predicted octanol–water partition coefficient (Wildman–Crippen LogP) is 1.32. The third kappa shape index (κ3) is 5.19. The van der Waals surface area contributed by atoms with Gasteiger partial charge in [0.1, 0.15) is 0 Å². The minimum atomic E-state index is -5.08. The fourth-order valence-electron chi connectivity index (χ4n) is 3.36. The van der Waals surface area contributed by atoms with Gasteiger partial charge in [0.05, 0.1) is 30.5 Å². The lowest BCUT2D eigenvalue weighted by atomic mass is 10.1. The van der Waals surface area contributed by atoms with E-state index in [-0.39, 0.29) is 29.5 Å². The lowest BCUT2D eigenvalue weighted by Gasteiger charge is -2.25. The van der Waals surface area contributed by atoms with E-state index in [1.54, 1.807) is 16.9 Å². The van der Waals surface area contributed by atoms with Gasteiger partial charge in [-0.2, -0.15) is 13.2 Å². The molecule has 2 fully saturated rings. The highest BCUT2D eigenvalue weighted by molar-refractivity contribution is 5.95. The molecule has 8 nitrogen and oxygen atoms in total. The third-order valence-electron chi connectivity index (χ3n) is 4.66. The second-order valence-electron chi connectivity index (χ2n) is 6.36. The van der Waals surface area contributed by atoms with Gasteiger partial charge in [-0.15, -0.1) is 0 Å². The molecule has 0 aliphatic carbocycles. The first-order chi connectivity index (χ1) is 13.6. The first kappa shape index (κ1) is 22.5. The summed E-state index contributed by atoms with van der Waals surface area (Å²) in [6.07, 6.45) is -1.63. The quantitative estimate of drug-likeness (QED) is 0.736. The van der Waals surface area contributed by atoms with Crippen LogP contribution in [0.25, 0.3) is 0 Å². The van der Waals surface area contributed by atoms with Crippen LogP contribution in [0.4, 0.5) is 17.6 Å². The Morgan fingerprint density at radius 1 is 1.34 bits per heavy atom. The van der Waals surface area contributed by atoms with Gasteiger partial charge in [-0.05, 0) is 12.5 Å². The van der Waals surface area contributed by atoms with Crippen LogP contribution in [-0.2, 0) is 14.3 Å². The number of nitrogens with zero attached hydrogens (tertiary/aromatic N) is 3. The molecule has 0 bridgehead atoms. The number of carboxylic acids is 1. The average molecular weight is 421 g/mol. The van der Waals surface area contributed by atoms with Gasteiger partial charge in [-0.25, -0.2) is 9.18 Å². The standard InChI is InChI=1S/C15H18FN3O3.C2HF3O2/c1-22-7-6-18-12-3-5-19(13(12)8-14(18)20)15(21)10-2-4-17-9-11(10)16;3-2(4,5)1(6)7/h2,4,9,12-13H,3,5-8H2,1H3;(H,6,7). The number of halogens is 4. The van der Waals surface area contributed by atoms with Crippen molar-refractivity contribution in [3.63, 3.8) is 0 Å². The predicted molar refractivity (Wildman–Crippen MR) is 89.3 cm³/mol. The van der Waals surface area contributed by atoms with Crippen molar-refractivity contribution < 1.29 is 41.8 Å². The molecule has 1 aromatic heterocycles. The van der Waals surface area contributed by atoms with Crippen molar-refractivity contribution in [1.82, 2.24) is 14.8 Å². The summed E-state index contributed by atoms with van der Waals surface area (Å²) in [5, 5.41) is 7.12. The lowest BCUT2D eigenvalue weighted by Crippen LogP contribution is -2.41. The number of carboxylic acid groups (broad SMARTS) is 1. The molecule has 0 spiro atoms. The first-order valence-electron chi connectivity index (χ1n) is 8.57. The smallest absolute Gasteiger partial charge is 0.475 e. The van der Waals surface area contributed by atoms with E-state index >= 15 is 0 Å². The summed E-state index contributed by atoms with van der Waals surface area (Å²) in [5.41, 5.74) is 0.0124. The number of carbonyl (C=O) groups excluding carboxylic acids is 2. The van der Waals surface area contributed by atoms with E-state index in [2.05, 4.69) is 4.98 Å². The molecule has 3 rings (SSSR count). The Hall–Kier alpha value is -2.76. The highest BCUT2D eigenvalue weighted by atomic mass is 19.4. The number of likely N-dealkylation sites (tertiary alicyclic amines) is 2. The Morgan fingerprint density at radius 2 is 2.00 bits per heavy atom. The van der Waals surface area contributed by atoms with Gasteiger partial charge in [0.25, 0.3) is 5.91 Å². The van der Waals surface area contributed by atoms with Gasteiger partial charge < -0.3 is 19.6 Å². The SMILES string of the molecule is COCCN1C(=O)CC2C1CCN2C(=O)c1ccncc1F.O=C(O)C(F)(F)F. The molecule has 2 saturated heterocycles. The maximum atomic E-state index is 13.8. The number of alkyl halides is 3. The number of methoxy groups -OCH3 is 1. The van der Waals surface area contributed by atoms with Crippen molar-refractivity contribution in [1.29, 1.82) is 0 Å². The van der Waals surface area contributed by atoms with Crippen LogP contribution in [0.5, 0.6) is 0 Å². The Labute approximate surface area is 163 Å². The molecule has 0 radical (unpaired) electrons. The Morgan fingerprint density at radius 3 is 2.55 bits per heavy atom. The van der Waals surface area contributed by atoms with E-state index in [1.807, 2.05) is 0 Å². The highest BCUT2D eigenvalue weighted by Crippen LogP contribution is 2.33. The largest absolute Gasteiger partial charge is 0.490 e. The zero-order chi connectivity index (χ0) is 21.8. The summed E-state index contributed by atoms with van der Waals surface area (Å²) in [6, 6.07) is 1.21. The normalized spacial score (nSPS) is 20.9. The van der Waals surface area contributed by atoms with E-state index in [9.17, 15) is 27.2 Å². The van der Waals surface area contributed by atoms with Crippen molar-refractivity contribution >= 4 is 17.8 Å². The zero-order valence-electron chi connectivity index (χ0n) is 15.4. The summed E-state index contributed by atoms with van der Waals surface area (Å²) >= 11 is 0. The van der Waals surface area contributed by atoms with Gasteiger partial charge >= 0.3 is 12.1 Å². The van der Waals surface area contributed by atoms with Crippen LogP contribution >= 0.6 is 0 Å². The van der Waals surface area contributed by atoms with Crippen LogP contribution in [0.15, 0.2) is 18.5 Å². The van der Waals surface area contributed by atoms with Crippen molar-refractivity contribution in [2.75, 3.05) is 26.8 Å². The number of rotatable bonds is 4. The van der Waals surface area contributed by atoms with Gasteiger partial charge in [0.15, 0.2) is 5.82 Å². The average Bonchev–Trinajstić information content (AvgIpc) is 3.18. The molecule has 3 heterocycles. The topological polar surface area (TPSA) is 100 Å². The molecular formula is C17H19F4N3O5. The number of carbonyl (C=O) groups is 3. The van der Waals surface area contributed by atoms with Gasteiger partial charge in [-0.1, -0.05) is 0 Å². The first-order valence-corrected chi connectivity index (χ1v) is 8.57. The molecule has 0 aromatic carbocycles. The number of hydrogen-bond acceptors (Lipinski definition) is 5. The number of amides is 2. The summed E-state index contributed by atoms with van der Waals surface area (Å²) in [4.78, 5) is 40.6. The number of aromatic nitrogens is 1. The van der Waals surface area contributed by atoms with Gasteiger partial charge in [0, 0.05) is 32.8 Å². The summed E-state index contributed by atoms with van der Waals surface area (Å²) < 4.78 is 50.5. The Bertz CT molecular complexity index is 774. The van der Waals surface area contributed by atoms with Crippen LogP contribution in [-0.4, -0.2) is 82.7 Å². The summed E-state index contributed by atoms with van der Waals surface area (Å²) in [7, 11) is 1.59. The summed E-state index contributed by atoms with van der Waals surface area (Å²) in [5.74, 6) is -3.72. The molecular weight excluding hydrogens is 402 g/mol. The van der Waals surface area contributed by atoms with Gasteiger partial charge in [0.2, 0.25) is 5.91 Å². The maximum absolute atomic E-state index is 13.8. The third-order valence-corrected chi connectivity index (χ3v) is 4.66. The van der Waals surface area contributed by atoms with Crippen molar-refractivity contribution in [2.24, 2.45) is 0 Å². The van der Waals surface area contributed by atoms with E-state index in [0.717, 1.165) is 12.6 Å². The summed E-state index contributed by atoms with van der Waals surface area (Å²) in [6.45, 7) is 1.54. The zero-order valence-corrected chi connectivity index (χ0v) is 15.4. The molecule has 2 aliphatic rings. The molecule has 2 unspecified atom stereocenters. The molecule has 0 saturated carbocycles. The van der Waals surface area contributed by atoms with Gasteiger partial charge in [-0.3, -0.25) is 14.6 Å². The van der Waals surface area contributed by atoms with E-state index in [1.165, 1.54) is 12.3 Å². The van der Waals surface area contributed by atoms with E-state index < -0.39 is 18.0 Å². The molecule has 12 heteroatoms. The monoisotopic (exact) mass is 421 g/mol. The number of ether oxygens (including phenoxy) is 1. The fourth-order valence-corrected chi connectivity index (χ4v) is 3.36. The minimum Gasteiger partial charge on any atom is -0.475 e. The molecule has 29 heavy (non-hydrogen) atoms. The molecule has 1 aromatic rings. The van der Waals surface area contributed by atoms with Crippen molar-refractivity contribution in [3.05, 3.63) is 29.8 Å². The Balaban J connectivity index is 0.000000370. The molecule has 2 aliphatic heterocycles. The van der Waals surface area contributed by atoms with Crippen LogP contribution in [0, 0.1) is 5.82 Å². The van der Waals surface area contributed by atoms with Crippen LogP contribution in [0.3, 0.4) is 0 Å². The Kier molecular flexibility index (Phi) is 7.11. The van der Waals surface area contributed by atoms with E-state index in [4.69, 9.17) is 14.6 Å². The second kappa shape index (κ2) is 9.16. The fraction of sp³-hybridized carbons (Fsp3) is 0.529. The molecule has 2 amide bonds. The molecule has 160 valence electrons. The van der Waals surface area contributed by atoms with Crippen molar-refractivity contribution in [3.8, 4) is 0 Å². The van der Waals surface area contributed by atoms with Crippen molar-refractivity contribution in [2.45, 2.75) is 31.1 Å². The lowest BCUT2D eigenvalue weighted by molar-refractivity contribution is -0.192. The van der Waals surface area contributed by atoms with Crippen LogP contribution in [0.1, 0.15) is 23.2 Å².